The minimum atomic E-state index is -1.07. The summed E-state index contributed by atoms with van der Waals surface area (Å²) in [6.45, 7) is 0. The van der Waals surface area contributed by atoms with Gasteiger partial charge in [-0.15, -0.1) is 0 Å². The van der Waals surface area contributed by atoms with Crippen molar-refractivity contribution >= 4 is 23.5 Å². The zero-order valence-electron chi connectivity index (χ0n) is 14.6. The van der Waals surface area contributed by atoms with Gasteiger partial charge in [-0.1, -0.05) is 30.3 Å². The molecule has 136 valence electrons. The fourth-order valence-electron chi connectivity index (χ4n) is 2.21. The Bertz CT molecular complexity index is 923. The van der Waals surface area contributed by atoms with Crippen molar-refractivity contribution in [2.75, 3.05) is 14.2 Å². The van der Waals surface area contributed by atoms with Crippen LogP contribution in [0.1, 0.15) is 11.1 Å². The molecule has 0 N–H and O–H groups in total. The minimum Gasteiger partial charge on any atom is -0.465 e. The molecule has 0 aromatic heterocycles. The molecule has 0 radical (unpaired) electrons. The third-order valence-electron chi connectivity index (χ3n) is 3.49. The summed E-state index contributed by atoms with van der Waals surface area (Å²) in [4.78, 5) is 37.2. The Morgan fingerprint density at radius 1 is 0.815 bits per heavy atom. The van der Waals surface area contributed by atoms with Gasteiger partial charge < -0.3 is 14.2 Å². The van der Waals surface area contributed by atoms with E-state index in [1.807, 2.05) is 6.07 Å². The summed E-state index contributed by atoms with van der Waals surface area (Å²) in [7, 11) is 2.19. The van der Waals surface area contributed by atoms with Crippen LogP contribution in [-0.4, -0.2) is 32.1 Å². The van der Waals surface area contributed by atoms with Crippen LogP contribution in [-0.2, 0) is 23.9 Å². The van der Waals surface area contributed by atoms with Crippen LogP contribution in [0.2, 0.25) is 0 Å². The lowest BCUT2D eigenvalue weighted by molar-refractivity contribution is -0.142. The largest absolute Gasteiger partial charge is 0.465 e. The van der Waals surface area contributed by atoms with Gasteiger partial charge in [0.2, 0.25) is 0 Å². The number of carbonyl (C=O) groups is 3. The van der Waals surface area contributed by atoms with Gasteiger partial charge in [0, 0.05) is 0 Å². The highest BCUT2D eigenvalue weighted by Gasteiger charge is 2.31. The number of carbonyl (C=O) groups excluding carboxylic acids is 3. The number of para-hydroxylation sites is 1. The molecule has 2 aromatic carbocycles. The molecule has 0 spiro atoms. The fourth-order valence-corrected chi connectivity index (χ4v) is 2.21. The quantitative estimate of drug-likeness (QED) is 0.263. The zero-order chi connectivity index (χ0) is 19.8. The number of esters is 3. The Hall–Kier alpha value is -3.92. The van der Waals surface area contributed by atoms with Gasteiger partial charge in [-0.05, 0) is 29.8 Å². The van der Waals surface area contributed by atoms with Crippen LogP contribution >= 0.6 is 0 Å². The molecule has 0 aliphatic carbocycles. The third kappa shape index (κ3) is 4.58. The number of hydrogen-bond acceptors (Lipinski definition) is 7. The van der Waals surface area contributed by atoms with E-state index < -0.39 is 23.5 Å². The summed E-state index contributed by atoms with van der Waals surface area (Å²) < 4.78 is 14.6. The standard InChI is InChI=1S/C20H15NO6/c1-25-18(22)16(14-10-8-13(12-21)9-11-14)17(19(23)26-2)20(24)27-15-6-4-3-5-7-15/h3-11H,1-2H3/b17-16-. The lowest BCUT2D eigenvalue weighted by Gasteiger charge is -2.12. The molecule has 0 saturated heterocycles. The lowest BCUT2D eigenvalue weighted by atomic mass is 9.98. The van der Waals surface area contributed by atoms with Crippen LogP contribution in [0.4, 0.5) is 0 Å². The van der Waals surface area contributed by atoms with E-state index in [-0.39, 0.29) is 16.9 Å². The van der Waals surface area contributed by atoms with Gasteiger partial charge in [0.15, 0.2) is 5.57 Å². The smallest absolute Gasteiger partial charge is 0.351 e. The Labute approximate surface area is 155 Å². The summed E-state index contributed by atoms with van der Waals surface area (Å²) in [5.74, 6) is -2.86. The van der Waals surface area contributed by atoms with E-state index in [9.17, 15) is 14.4 Å². The number of nitriles is 1. The molecule has 2 rings (SSSR count). The van der Waals surface area contributed by atoms with E-state index in [4.69, 9.17) is 14.7 Å². The molecule has 0 unspecified atom stereocenters. The fraction of sp³-hybridized carbons (Fsp3) is 0.100. The van der Waals surface area contributed by atoms with Crippen molar-refractivity contribution in [3.05, 3.63) is 71.3 Å². The van der Waals surface area contributed by atoms with Crippen LogP contribution < -0.4 is 4.74 Å². The van der Waals surface area contributed by atoms with Crippen molar-refractivity contribution < 1.29 is 28.6 Å². The van der Waals surface area contributed by atoms with E-state index in [2.05, 4.69) is 4.74 Å². The molecule has 0 aliphatic heterocycles. The average molecular weight is 365 g/mol. The third-order valence-corrected chi connectivity index (χ3v) is 3.49. The number of methoxy groups -OCH3 is 2. The number of ether oxygens (including phenoxy) is 3. The molecule has 0 amide bonds. The van der Waals surface area contributed by atoms with E-state index in [1.54, 1.807) is 18.2 Å². The maximum absolute atomic E-state index is 12.6. The van der Waals surface area contributed by atoms with Crippen molar-refractivity contribution in [3.63, 3.8) is 0 Å². The first-order chi connectivity index (χ1) is 13.0. The minimum absolute atomic E-state index is 0.188. The Kier molecular flexibility index (Phi) is 6.44. The molecule has 0 atom stereocenters. The molecular weight excluding hydrogens is 350 g/mol. The molecule has 0 heterocycles. The number of hydrogen-bond donors (Lipinski definition) is 0. The predicted molar refractivity (Wildman–Crippen MR) is 94.2 cm³/mol. The second-order valence-electron chi connectivity index (χ2n) is 5.12. The monoisotopic (exact) mass is 365 g/mol. The van der Waals surface area contributed by atoms with Crippen molar-refractivity contribution in [3.8, 4) is 11.8 Å². The average Bonchev–Trinajstić information content (AvgIpc) is 2.71. The van der Waals surface area contributed by atoms with Gasteiger partial charge in [-0.3, -0.25) is 0 Å². The maximum atomic E-state index is 12.6. The van der Waals surface area contributed by atoms with Gasteiger partial charge in [-0.25, -0.2) is 14.4 Å². The molecule has 0 fully saturated rings. The first-order valence-corrected chi connectivity index (χ1v) is 7.70. The summed E-state index contributed by atoms with van der Waals surface area (Å²) >= 11 is 0. The van der Waals surface area contributed by atoms with Crippen LogP contribution in [0.25, 0.3) is 5.57 Å². The second-order valence-corrected chi connectivity index (χ2v) is 5.12. The number of benzene rings is 2. The van der Waals surface area contributed by atoms with Crippen molar-refractivity contribution in [1.82, 2.24) is 0 Å². The highest BCUT2D eigenvalue weighted by atomic mass is 16.6. The SMILES string of the molecule is COC(=O)/C(C(=O)Oc1ccccc1)=C(/C(=O)OC)c1ccc(C#N)cc1. The Morgan fingerprint density at radius 2 is 1.41 bits per heavy atom. The van der Waals surface area contributed by atoms with Gasteiger partial charge in [0.05, 0.1) is 31.4 Å². The van der Waals surface area contributed by atoms with Crippen LogP contribution in [0.15, 0.2) is 60.2 Å². The highest BCUT2D eigenvalue weighted by Crippen LogP contribution is 2.24. The Balaban J connectivity index is 2.61. The van der Waals surface area contributed by atoms with Crippen molar-refractivity contribution in [2.24, 2.45) is 0 Å². The van der Waals surface area contributed by atoms with Crippen LogP contribution in [0.5, 0.6) is 5.75 Å². The van der Waals surface area contributed by atoms with Gasteiger partial charge in [0.1, 0.15) is 5.75 Å². The summed E-state index contributed by atoms with van der Waals surface area (Å²) in [5.41, 5.74) is -0.395. The summed E-state index contributed by atoms with van der Waals surface area (Å²) in [6, 6.07) is 15.7. The van der Waals surface area contributed by atoms with E-state index in [0.717, 1.165) is 14.2 Å². The van der Waals surface area contributed by atoms with Gasteiger partial charge >= 0.3 is 17.9 Å². The van der Waals surface area contributed by atoms with Crippen LogP contribution in [0, 0.1) is 11.3 Å². The molecule has 0 bridgehead atoms. The maximum Gasteiger partial charge on any atom is 0.351 e. The molecule has 0 saturated carbocycles. The molecule has 0 aliphatic rings. The molecular formula is C20H15NO6. The van der Waals surface area contributed by atoms with Gasteiger partial charge in [-0.2, -0.15) is 5.26 Å². The predicted octanol–water partition coefficient (Wildman–Crippen LogP) is 2.26. The topological polar surface area (TPSA) is 103 Å². The normalized spacial score (nSPS) is 10.9. The van der Waals surface area contributed by atoms with E-state index >= 15 is 0 Å². The number of nitrogens with zero attached hydrogens (tertiary/aromatic N) is 1. The first-order valence-electron chi connectivity index (χ1n) is 7.70. The first kappa shape index (κ1) is 19.4. The van der Waals surface area contributed by atoms with Crippen molar-refractivity contribution in [1.29, 1.82) is 5.26 Å². The zero-order valence-corrected chi connectivity index (χ0v) is 14.6. The van der Waals surface area contributed by atoms with Gasteiger partial charge in [0.25, 0.3) is 0 Å². The second kappa shape index (κ2) is 8.97. The highest BCUT2D eigenvalue weighted by molar-refractivity contribution is 6.32. The summed E-state index contributed by atoms with van der Waals surface area (Å²) in [5, 5.41) is 8.91. The lowest BCUT2D eigenvalue weighted by Crippen LogP contribution is -2.24. The number of rotatable bonds is 5. The molecule has 7 heteroatoms. The molecule has 2 aromatic rings. The van der Waals surface area contributed by atoms with E-state index in [1.165, 1.54) is 36.4 Å². The Morgan fingerprint density at radius 3 is 1.93 bits per heavy atom. The molecule has 27 heavy (non-hydrogen) atoms. The van der Waals surface area contributed by atoms with E-state index in [0.29, 0.717) is 5.56 Å². The van der Waals surface area contributed by atoms with Crippen LogP contribution in [0.3, 0.4) is 0 Å². The molecule has 7 nitrogen and oxygen atoms in total. The summed E-state index contributed by atoms with van der Waals surface area (Å²) in [6.07, 6.45) is 0. The van der Waals surface area contributed by atoms with Crippen molar-refractivity contribution in [2.45, 2.75) is 0 Å².